The maximum atomic E-state index is 12.1. The highest BCUT2D eigenvalue weighted by atomic mass is 16.5. The van der Waals surface area contributed by atoms with E-state index in [1.54, 1.807) is 12.1 Å². The third kappa shape index (κ3) is 3.91. The summed E-state index contributed by atoms with van der Waals surface area (Å²) in [6.07, 6.45) is 2.60. The molecule has 21 heavy (non-hydrogen) atoms. The fourth-order valence-electron chi connectivity index (χ4n) is 2.29. The Morgan fingerprint density at radius 1 is 1.43 bits per heavy atom. The Balaban J connectivity index is 2.04. The van der Waals surface area contributed by atoms with Gasteiger partial charge in [0, 0.05) is 25.5 Å². The molecular formula is C14H18N2O5. The van der Waals surface area contributed by atoms with Crippen LogP contribution in [0.3, 0.4) is 0 Å². The van der Waals surface area contributed by atoms with E-state index < -0.39 is 17.9 Å². The summed E-state index contributed by atoms with van der Waals surface area (Å²) in [5.74, 6) is -1.21. The van der Waals surface area contributed by atoms with Gasteiger partial charge in [-0.2, -0.15) is 0 Å². The minimum Gasteiger partial charge on any atom is -0.481 e. The normalized spacial score (nSPS) is 17.0. The molecule has 0 saturated carbocycles. The molecular weight excluding hydrogens is 276 g/mol. The molecule has 1 atom stereocenters. The van der Waals surface area contributed by atoms with Crippen molar-refractivity contribution < 1.29 is 24.2 Å². The molecule has 1 aliphatic rings. The van der Waals surface area contributed by atoms with Crippen molar-refractivity contribution in [3.63, 3.8) is 0 Å². The van der Waals surface area contributed by atoms with E-state index >= 15 is 0 Å². The summed E-state index contributed by atoms with van der Waals surface area (Å²) in [6.45, 7) is 1.04. The van der Waals surface area contributed by atoms with Crippen LogP contribution in [0.15, 0.2) is 18.3 Å². The highest BCUT2D eigenvalue weighted by Gasteiger charge is 2.31. The number of carbonyl (C=O) groups is 2. The van der Waals surface area contributed by atoms with Crippen molar-refractivity contribution in [2.45, 2.75) is 18.9 Å². The van der Waals surface area contributed by atoms with Crippen LogP contribution in [0, 0.1) is 5.92 Å². The van der Waals surface area contributed by atoms with Crippen LogP contribution in [0.5, 0.6) is 5.88 Å². The van der Waals surface area contributed by atoms with Crippen LogP contribution in [0.2, 0.25) is 0 Å². The Hall–Kier alpha value is -2.15. The van der Waals surface area contributed by atoms with E-state index in [4.69, 9.17) is 9.47 Å². The number of pyridine rings is 1. The van der Waals surface area contributed by atoms with Gasteiger partial charge in [-0.1, -0.05) is 0 Å². The largest absolute Gasteiger partial charge is 0.481 e. The van der Waals surface area contributed by atoms with Gasteiger partial charge >= 0.3 is 5.97 Å². The molecule has 1 saturated heterocycles. The van der Waals surface area contributed by atoms with E-state index in [2.05, 4.69) is 10.3 Å². The summed E-state index contributed by atoms with van der Waals surface area (Å²) in [5, 5.41) is 11.9. The molecule has 2 rings (SSSR count). The third-order valence-electron chi connectivity index (χ3n) is 3.50. The first-order valence-corrected chi connectivity index (χ1v) is 6.73. The van der Waals surface area contributed by atoms with Gasteiger partial charge in [0.05, 0.1) is 12.7 Å². The quantitative estimate of drug-likeness (QED) is 0.829. The molecule has 2 heterocycles. The second kappa shape index (κ2) is 7.03. The Kier molecular flexibility index (Phi) is 5.10. The zero-order chi connectivity index (χ0) is 15.2. The smallest absolute Gasteiger partial charge is 0.326 e. The lowest BCUT2D eigenvalue weighted by molar-refractivity contribution is -0.141. The van der Waals surface area contributed by atoms with Gasteiger partial charge in [-0.3, -0.25) is 4.79 Å². The van der Waals surface area contributed by atoms with Crippen molar-refractivity contribution in [3.8, 4) is 5.88 Å². The van der Waals surface area contributed by atoms with Gasteiger partial charge in [-0.25, -0.2) is 9.78 Å². The van der Waals surface area contributed by atoms with E-state index in [1.807, 2.05) is 0 Å². The lowest BCUT2D eigenvalue weighted by Crippen LogP contribution is -2.47. The van der Waals surface area contributed by atoms with Crippen LogP contribution in [0.25, 0.3) is 0 Å². The predicted molar refractivity (Wildman–Crippen MR) is 73.2 cm³/mol. The number of aliphatic carboxylic acids is 1. The van der Waals surface area contributed by atoms with E-state index in [1.165, 1.54) is 13.3 Å². The number of ether oxygens (including phenoxy) is 2. The summed E-state index contributed by atoms with van der Waals surface area (Å²) in [6, 6.07) is 2.19. The maximum absolute atomic E-state index is 12.1. The SMILES string of the molecule is COc1ccc(C(=O)NC(C(=O)O)C2CCOCC2)cn1. The molecule has 1 aromatic heterocycles. The number of hydrogen-bond donors (Lipinski definition) is 2. The molecule has 1 amide bonds. The average Bonchev–Trinajstić information content (AvgIpc) is 2.53. The molecule has 7 heteroatoms. The fraction of sp³-hybridized carbons (Fsp3) is 0.500. The minimum atomic E-state index is -1.03. The number of hydrogen-bond acceptors (Lipinski definition) is 5. The summed E-state index contributed by atoms with van der Waals surface area (Å²) in [7, 11) is 1.48. The number of amides is 1. The lowest BCUT2D eigenvalue weighted by Gasteiger charge is -2.28. The third-order valence-corrected chi connectivity index (χ3v) is 3.50. The van der Waals surface area contributed by atoms with Gasteiger partial charge in [0.15, 0.2) is 0 Å². The first-order chi connectivity index (χ1) is 10.1. The second-order valence-electron chi connectivity index (χ2n) is 4.83. The maximum Gasteiger partial charge on any atom is 0.326 e. The topological polar surface area (TPSA) is 97.8 Å². The molecule has 1 aliphatic heterocycles. The summed E-state index contributed by atoms with van der Waals surface area (Å²) >= 11 is 0. The number of rotatable bonds is 5. The predicted octanol–water partition coefficient (Wildman–Crippen LogP) is 0.700. The van der Waals surface area contributed by atoms with Crippen LogP contribution in [0.4, 0.5) is 0 Å². The number of methoxy groups -OCH3 is 1. The monoisotopic (exact) mass is 294 g/mol. The average molecular weight is 294 g/mol. The zero-order valence-corrected chi connectivity index (χ0v) is 11.7. The zero-order valence-electron chi connectivity index (χ0n) is 11.7. The molecule has 2 N–H and O–H groups in total. The number of aromatic nitrogens is 1. The van der Waals surface area contributed by atoms with Crippen LogP contribution < -0.4 is 10.1 Å². The van der Waals surface area contributed by atoms with Crippen molar-refractivity contribution >= 4 is 11.9 Å². The van der Waals surface area contributed by atoms with Crippen molar-refractivity contribution in [2.75, 3.05) is 20.3 Å². The molecule has 0 bridgehead atoms. The molecule has 0 aromatic carbocycles. The first-order valence-electron chi connectivity index (χ1n) is 6.73. The molecule has 0 radical (unpaired) electrons. The number of nitrogens with zero attached hydrogens (tertiary/aromatic N) is 1. The van der Waals surface area contributed by atoms with Crippen molar-refractivity contribution in [2.24, 2.45) is 5.92 Å². The summed E-state index contributed by atoms with van der Waals surface area (Å²) < 4.78 is 10.1. The number of carboxylic acids is 1. The highest BCUT2D eigenvalue weighted by molar-refractivity contribution is 5.96. The first kappa shape index (κ1) is 15.2. The van der Waals surface area contributed by atoms with E-state index in [0.29, 0.717) is 37.5 Å². The van der Waals surface area contributed by atoms with Crippen LogP contribution in [-0.2, 0) is 9.53 Å². The molecule has 1 fully saturated rings. The van der Waals surface area contributed by atoms with Crippen molar-refractivity contribution in [3.05, 3.63) is 23.9 Å². The molecule has 1 aromatic rings. The standard InChI is InChI=1S/C14H18N2O5/c1-20-11-3-2-10(8-15-11)13(17)16-12(14(18)19)9-4-6-21-7-5-9/h2-3,8-9,12H,4-7H2,1H3,(H,16,17)(H,18,19). The number of carbonyl (C=O) groups excluding carboxylic acids is 1. The molecule has 7 nitrogen and oxygen atoms in total. The number of carboxylic acid groups (broad SMARTS) is 1. The van der Waals surface area contributed by atoms with Gasteiger partial charge in [0.1, 0.15) is 6.04 Å². The summed E-state index contributed by atoms with van der Waals surface area (Å²) in [4.78, 5) is 27.4. The van der Waals surface area contributed by atoms with Gasteiger partial charge in [0.2, 0.25) is 5.88 Å². The lowest BCUT2D eigenvalue weighted by atomic mass is 9.91. The Bertz CT molecular complexity index is 497. The Labute approximate surface area is 122 Å². The van der Waals surface area contributed by atoms with Gasteiger partial charge in [0.25, 0.3) is 5.91 Å². The molecule has 114 valence electrons. The van der Waals surface area contributed by atoms with Crippen LogP contribution in [0.1, 0.15) is 23.2 Å². The Morgan fingerprint density at radius 2 is 2.14 bits per heavy atom. The van der Waals surface area contributed by atoms with Gasteiger partial charge in [-0.05, 0) is 24.8 Å². The van der Waals surface area contributed by atoms with Crippen molar-refractivity contribution in [1.82, 2.24) is 10.3 Å². The van der Waals surface area contributed by atoms with Crippen LogP contribution >= 0.6 is 0 Å². The van der Waals surface area contributed by atoms with Gasteiger partial charge in [-0.15, -0.1) is 0 Å². The Morgan fingerprint density at radius 3 is 2.67 bits per heavy atom. The van der Waals surface area contributed by atoms with E-state index in [9.17, 15) is 14.7 Å². The van der Waals surface area contributed by atoms with Crippen molar-refractivity contribution in [1.29, 1.82) is 0 Å². The fourth-order valence-corrected chi connectivity index (χ4v) is 2.29. The second-order valence-corrected chi connectivity index (χ2v) is 4.83. The number of nitrogens with one attached hydrogen (secondary N) is 1. The van der Waals surface area contributed by atoms with Crippen LogP contribution in [-0.4, -0.2) is 48.3 Å². The highest BCUT2D eigenvalue weighted by Crippen LogP contribution is 2.19. The summed E-state index contributed by atoms with van der Waals surface area (Å²) in [5.41, 5.74) is 0.300. The molecule has 0 aliphatic carbocycles. The minimum absolute atomic E-state index is 0.119. The van der Waals surface area contributed by atoms with Gasteiger partial charge < -0.3 is 19.9 Å². The van der Waals surface area contributed by atoms with E-state index in [-0.39, 0.29) is 5.92 Å². The molecule has 0 spiro atoms. The molecule has 1 unspecified atom stereocenters. The van der Waals surface area contributed by atoms with E-state index in [0.717, 1.165) is 0 Å².